The van der Waals surface area contributed by atoms with Gasteiger partial charge >= 0.3 is 12.1 Å². The molecular weight excluding hydrogens is 439 g/mol. The molecule has 3 atom stereocenters. The second kappa shape index (κ2) is 9.79. The highest BCUT2D eigenvalue weighted by atomic mass is 32.1. The molecule has 2 aromatic rings. The number of rotatable bonds is 4. The molecule has 0 unspecified atom stereocenters. The van der Waals surface area contributed by atoms with E-state index in [4.69, 9.17) is 19.2 Å². The van der Waals surface area contributed by atoms with E-state index in [1.807, 2.05) is 11.3 Å². The topological polar surface area (TPSA) is 105 Å². The fourth-order valence-corrected chi connectivity index (χ4v) is 4.62. The van der Waals surface area contributed by atoms with Crippen molar-refractivity contribution in [1.29, 1.82) is 0 Å². The van der Waals surface area contributed by atoms with Gasteiger partial charge in [0.15, 0.2) is 0 Å². The van der Waals surface area contributed by atoms with E-state index in [0.717, 1.165) is 32.5 Å². The van der Waals surface area contributed by atoms with Crippen LogP contribution in [0.25, 0.3) is 0 Å². The summed E-state index contributed by atoms with van der Waals surface area (Å²) in [6.07, 6.45) is -1.37. The number of amides is 1. The predicted molar refractivity (Wildman–Crippen MR) is 104 cm³/mol. The Kier molecular flexibility index (Phi) is 7.34. The van der Waals surface area contributed by atoms with Gasteiger partial charge in [0.2, 0.25) is 5.76 Å². The average molecular weight is 461 g/mol. The number of carbonyl (C=O) groups is 2. The molecule has 2 aromatic heterocycles. The lowest BCUT2D eigenvalue weighted by molar-refractivity contribution is -0.192. The molecule has 2 aliphatic rings. The number of hydrogen-bond acceptors (Lipinski definition) is 7. The van der Waals surface area contributed by atoms with Crippen molar-refractivity contribution < 1.29 is 37.1 Å². The summed E-state index contributed by atoms with van der Waals surface area (Å²) in [5.74, 6) is -2.73. The van der Waals surface area contributed by atoms with E-state index in [-0.39, 0.29) is 23.8 Å². The number of ether oxygens (including phenoxy) is 1. The first kappa shape index (κ1) is 23.2. The first-order valence-corrected chi connectivity index (χ1v) is 10.4. The third-order valence-electron chi connectivity index (χ3n) is 5.01. The van der Waals surface area contributed by atoms with E-state index in [1.165, 1.54) is 16.0 Å². The van der Waals surface area contributed by atoms with Crippen molar-refractivity contribution in [2.45, 2.75) is 50.7 Å². The lowest BCUT2D eigenvalue weighted by atomic mass is 10.0. The summed E-state index contributed by atoms with van der Waals surface area (Å²) in [6, 6.07) is 6.28. The number of aliphatic carboxylic acids is 1. The summed E-state index contributed by atoms with van der Waals surface area (Å²) in [5, 5.41) is 13.8. The number of hydrogen-bond donors (Lipinski definition) is 2. The van der Waals surface area contributed by atoms with Gasteiger partial charge in [-0.1, -0.05) is 5.16 Å². The van der Waals surface area contributed by atoms with Crippen LogP contribution >= 0.6 is 11.3 Å². The van der Waals surface area contributed by atoms with E-state index in [9.17, 15) is 18.0 Å². The molecular formula is C19H22F3N3O5S. The molecule has 0 bridgehead atoms. The average Bonchev–Trinajstić information content (AvgIpc) is 3.44. The Morgan fingerprint density at radius 2 is 2.10 bits per heavy atom. The lowest BCUT2D eigenvalue weighted by Crippen LogP contribution is -2.47. The number of aryl methyl sites for hydroxylation is 1. The van der Waals surface area contributed by atoms with Crippen molar-refractivity contribution >= 4 is 23.2 Å². The summed E-state index contributed by atoms with van der Waals surface area (Å²) >= 11 is 1.83. The molecule has 1 amide bonds. The van der Waals surface area contributed by atoms with Crippen LogP contribution in [0.4, 0.5) is 13.2 Å². The number of thiophene rings is 1. The van der Waals surface area contributed by atoms with Crippen LogP contribution in [-0.4, -0.2) is 64.6 Å². The van der Waals surface area contributed by atoms with Crippen LogP contribution in [0.2, 0.25) is 0 Å². The number of carboxylic acids is 1. The quantitative estimate of drug-likeness (QED) is 0.721. The van der Waals surface area contributed by atoms with Gasteiger partial charge < -0.3 is 19.7 Å². The molecule has 0 aromatic carbocycles. The van der Waals surface area contributed by atoms with Crippen molar-refractivity contribution in [2.24, 2.45) is 0 Å². The Hall–Kier alpha value is -2.44. The van der Waals surface area contributed by atoms with E-state index < -0.39 is 12.1 Å². The standard InChI is InChI=1S/C17H21N3O3S.C2HF3O2/c1-11-4-5-12(24-11)9-20-10-13(16-14(20)3-2-8-22-16)19-17(21)15-6-7-18-23-15;3-2(4,5)1(6)7/h4-7,13-14,16H,2-3,8-10H2,1H3,(H,19,21);(H,6,7)/t13-,14+,16+;/m1./s1. The molecule has 4 heterocycles. The number of nitrogens with one attached hydrogen (secondary N) is 1. The smallest absolute Gasteiger partial charge is 0.475 e. The summed E-state index contributed by atoms with van der Waals surface area (Å²) in [5.41, 5.74) is 0. The summed E-state index contributed by atoms with van der Waals surface area (Å²) in [6.45, 7) is 4.61. The molecule has 2 fully saturated rings. The maximum absolute atomic E-state index is 12.3. The SMILES string of the molecule is Cc1ccc(CN2C[C@@H](NC(=O)c3ccno3)[C@@H]3OCCC[C@@H]32)s1.O=C(O)C(F)(F)F. The number of halogens is 3. The highest BCUT2D eigenvalue weighted by molar-refractivity contribution is 7.11. The summed E-state index contributed by atoms with van der Waals surface area (Å²) < 4.78 is 42.7. The number of fused-ring (bicyclic) bond motifs is 1. The van der Waals surface area contributed by atoms with E-state index in [0.29, 0.717) is 6.04 Å². The zero-order valence-electron chi connectivity index (χ0n) is 16.6. The Morgan fingerprint density at radius 1 is 1.35 bits per heavy atom. The Labute approximate surface area is 180 Å². The van der Waals surface area contributed by atoms with Crippen molar-refractivity contribution in [1.82, 2.24) is 15.4 Å². The molecule has 170 valence electrons. The van der Waals surface area contributed by atoms with Crippen LogP contribution in [0, 0.1) is 6.92 Å². The second-order valence-electron chi connectivity index (χ2n) is 7.25. The number of likely N-dealkylation sites (tertiary alicyclic amines) is 1. The maximum Gasteiger partial charge on any atom is 0.490 e. The first-order chi connectivity index (χ1) is 14.6. The van der Waals surface area contributed by atoms with E-state index >= 15 is 0 Å². The second-order valence-corrected chi connectivity index (χ2v) is 8.62. The zero-order chi connectivity index (χ0) is 22.6. The number of carbonyl (C=O) groups excluding carboxylic acids is 1. The van der Waals surface area contributed by atoms with Crippen molar-refractivity contribution in [3.63, 3.8) is 0 Å². The lowest BCUT2D eigenvalue weighted by Gasteiger charge is -2.32. The van der Waals surface area contributed by atoms with Gasteiger partial charge in [0.25, 0.3) is 5.91 Å². The monoisotopic (exact) mass is 461 g/mol. The van der Waals surface area contributed by atoms with Gasteiger partial charge in [-0.25, -0.2) is 4.79 Å². The van der Waals surface area contributed by atoms with Crippen LogP contribution < -0.4 is 5.32 Å². The molecule has 2 aliphatic heterocycles. The van der Waals surface area contributed by atoms with Crippen LogP contribution in [0.1, 0.15) is 33.2 Å². The summed E-state index contributed by atoms with van der Waals surface area (Å²) in [4.78, 5) is 26.3. The first-order valence-electron chi connectivity index (χ1n) is 9.58. The van der Waals surface area contributed by atoms with Crippen LogP contribution in [0.5, 0.6) is 0 Å². The zero-order valence-corrected chi connectivity index (χ0v) is 17.4. The van der Waals surface area contributed by atoms with Gasteiger partial charge in [-0.05, 0) is 31.9 Å². The van der Waals surface area contributed by atoms with Gasteiger partial charge in [0.1, 0.15) is 0 Å². The molecule has 2 N–H and O–H groups in total. The highest BCUT2D eigenvalue weighted by Crippen LogP contribution is 2.31. The third-order valence-corrected chi connectivity index (χ3v) is 5.99. The maximum atomic E-state index is 12.3. The third kappa shape index (κ3) is 6.05. The molecule has 2 saturated heterocycles. The molecule has 12 heteroatoms. The normalized spacial score (nSPS) is 23.5. The Balaban J connectivity index is 0.000000339. The summed E-state index contributed by atoms with van der Waals surface area (Å²) in [7, 11) is 0. The number of aromatic nitrogens is 1. The van der Waals surface area contributed by atoms with Crippen molar-refractivity contribution in [3.8, 4) is 0 Å². The molecule has 0 spiro atoms. The highest BCUT2D eigenvalue weighted by Gasteiger charge is 2.44. The number of carboxylic acid groups (broad SMARTS) is 1. The fraction of sp³-hybridized carbons (Fsp3) is 0.526. The van der Waals surface area contributed by atoms with Gasteiger partial charge in [0.05, 0.1) is 18.3 Å². The molecule has 31 heavy (non-hydrogen) atoms. The number of nitrogens with zero attached hydrogens (tertiary/aromatic N) is 2. The minimum absolute atomic E-state index is 0.0195. The van der Waals surface area contributed by atoms with Gasteiger partial charge in [0, 0.05) is 41.6 Å². The Morgan fingerprint density at radius 3 is 2.68 bits per heavy atom. The van der Waals surface area contributed by atoms with Crippen LogP contribution in [-0.2, 0) is 16.1 Å². The number of alkyl halides is 3. The fourth-order valence-electron chi connectivity index (χ4n) is 3.71. The Bertz CT molecular complexity index is 887. The molecule has 4 rings (SSSR count). The van der Waals surface area contributed by atoms with E-state index in [1.54, 1.807) is 6.07 Å². The molecule has 0 saturated carbocycles. The molecule has 0 aliphatic carbocycles. The van der Waals surface area contributed by atoms with Crippen molar-refractivity contribution in [2.75, 3.05) is 13.2 Å². The molecule has 8 nitrogen and oxygen atoms in total. The largest absolute Gasteiger partial charge is 0.490 e. The molecule has 0 radical (unpaired) electrons. The van der Waals surface area contributed by atoms with Gasteiger partial charge in [-0.2, -0.15) is 13.2 Å². The predicted octanol–water partition coefficient (Wildman–Crippen LogP) is 2.84. The van der Waals surface area contributed by atoms with Gasteiger partial charge in [-0.15, -0.1) is 11.3 Å². The van der Waals surface area contributed by atoms with Crippen LogP contribution in [0.3, 0.4) is 0 Å². The van der Waals surface area contributed by atoms with E-state index in [2.05, 4.69) is 34.4 Å². The minimum Gasteiger partial charge on any atom is -0.475 e. The van der Waals surface area contributed by atoms with Crippen molar-refractivity contribution in [3.05, 3.63) is 39.9 Å². The van der Waals surface area contributed by atoms with Gasteiger partial charge in [-0.3, -0.25) is 9.69 Å². The minimum atomic E-state index is -5.08. The van der Waals surface area contributed by atoms with Crippen LogP contribution in [0.15, 0.2) is 28.9 Å².